The Hall–Kier alpha value is -0.460. The molecule has 0 aliphatic heterocycles. The molecule has 0 aliphatic rings. The molecule has 0 unspecified atom stereocenters. The van der Waals surface area contributed by atoms with E-state index < -0.39 is 0 Å². The van der Waals surface area contributed by atoms with Crippen LogP contribution < -0.4 is 0 Å². The van der Waals surface area contributed by atoms with E-state index in [9.17, 15) is 0 Å². The third-order valence-electron chi connectivity index (χ3n) is 2.12. The maximum atomic E-state index is 6.04. The minimum absolute atomic E-state index is 0.699. The highest BCUT2D eigenvalue weighted by Crippen LogP contribution is 2.22. The van der Waals surface area contributed by atoms with Gasteiger partial charge in [0.2, 0.25) is 0 Å². The number of allylic oxidation sites excluding steroid dienone is 1. The van der Waals surface area contributed by atoms with Crippen molar-refractivity contribution in [1.29, 1.82) is 0 Å². The van der Waals surface area contributed by atoms with Gasteiger partial charge in [0.15, 0.2) is 0 Å². The summed E-state index contributed by atoms with van der Waals surface area (Å²) in [5.74, 6) is 0. The monoisotopic (exact) mass is 228 g/mol. The van der Waals surface area contributed by atoms with E-state index in [1.54, 1.807) is 6.07 Å². The summed E-state index contributed by atoms with van der Waals surface area (Å²) in [6.07, 6.45) is 6.36. The minimum Gasteiger partial charge on any atom is -0.103 e. The molecular formula is C12H14Cl2. The summed E-state index contributed by atoms with van der Waals surface area (Å²) < 4.78 is 0. The average Bonchev–Trinajstić information content (AvgIpc) is 2.15. The zero-order valence-corrected chi connectivity index (χ0v) is 9.61. The van der Waals surface area contributed by atoms with E-state index in [-0.39, 0.29) is 0 Å². The van der Waals surface area contributed by atoms with Gasteiger partial charge in [-0.3, -0.25) is 0 Å². The Kier molecular flexibility index (Phi) is 5.06. The fourth-order valence-corrected chi connectivity index (χ4v) is 1.83. The first-order chi connectivity index (χ1) is 6.74. The maximum absolute atomic E-state index is 6.04. The predicted molar refractivity (Wildman–Crippen MR) is 64.2 cm³/mol. The van der Waals surface area contributed by atoms with Crippen molar-refractivity contribution < 1.29 is 0 Å². The standard InChI is InChI=1S/C12H14Cl2/c1-2-3-4-5-6-10-7-8-11(13)9-12(10)14/h2,7-9H,1,3-6H2. The Morgan fingerprint density at radius 3 is 2.64 bits per heavy atom. The quantitative estimate of drug-likeness (QED) is 0.498. The number of aryl methyl sites for hydroxylation is 1. The number of rotatable bonds is 5. The van der Waals surface area contributed by atoms with Gasteiger partial charge < -0.3 is 0 Å². The Balaban J connectivity index is 2.46. The highest BCUT2D eigenvalue weighted by Gasteiger charge is 2.00. The second-order valence-corrected chi connectivity index (χ2v) is 4.11. The van der Waals surface area contributed by atoms with Gasteiger partial charge in [0, 0.05) is 10.0 Å². The van der Waals surface area contributed by atoms with Gasteiger partial charge in [-0.05, 0) is 43.4 Å². The van der Waals surface area contributed by atoms with E-state index >= 15 is 0 Å². The molecule has 0 nitrogen and oxygen atoms in total. The van der Waals surface area contributed by atoms with Gasteiger partial charge >= 0.3 is 0 Å². The Morgan fingerprint density at radius 1 is 1.21 bits per heavy atom. The molecule has 0 amide bonds. The lowest BCUT2D eigenvalue weighted by Crippen LogP contribution is -1.86. The van der Waals surface area contributed by atoms with E-state index in [0.717, 1.165) is 24.3 Å². The maximum Gasteiger partial charge on any atom is 0.0452 e. The Labute approximate surface area is 95.5 Å². The van der Waals surface area contributed by atoms with E-state index in [1.165, 1.54) is 12.0 Å². The van der Waals surface area contributed by atoms with Crippen LogP contribution in [0.1, 0.15) is 24.8 Å². The Morgan fingerprint density at radius 2 is 2.00 bits per heavy atom. The van der Waals surface area contributed by atoms with Crippen molar-refractivity contribution >= 4 is 23.2 Å². The second kappa shape index (κ2) is 6.10. The van der Waals surface area contributed by atoms with Gasteiger partial charge in [-0.1, -0.05) is 35.3 Å². The van der Waals surface area contributed by atoms with Crippen LogP contribution in [-0.4, -0.2) is 0 Å². The van der Waals surface area contributed by atoms with Gasteiger partial charge in [0.05, 0.1) is 0 Å². The van der Waals surface area contributed by atoms with Crippen molar-refractivity contribution in [3.8, 4) is 0 Å². The summed E-state index contributed by atoms with van der Waals surface area (Å²) in [4.78, 5) is 0. The van der Waals surface area contributed by atoms with Gasteiger partial charge in [0.1, 0.15) is 0 Å². The summed E-state index contributed by atoms with van der Waals surface area (Å²) in [6.45, 7) is 3.69. The Bertz CT molecular complexity index is 305. The average molecular weight is 229 g/mol. The number of unbranched alkanes of at least 4 members (excludes halogenated alkanes) is 2. The summed E-state index contributed by atoms with van der Waals surface area (Å²) in [7, 11) is 0. The molecule has 0 bridgehead atoms. The third-order valence-corrected chi connectivity index (χ3v) is 2.71. The normalized spacial score (nSPS) is 10.1. The lowest BCUT2D eigenvalue weighted by atomic mass is 10.1. The predicted octanol–water partition coefficient (Wildman–Crippen LogP) is 4.89. The lowest BCUT2D eigenvalue weighted by Gasteiger charge is -2.03. The molecule has 0 saturated heterocycles. The molecule has 1 rings (SSSR count). The second-order valence-electron chi connectivity index (χ2n) is 3.27. The zero-order valence-electron chi connectivity index (χ0n) is 8.10. The molecule has 0 radical (unpaired) electrons. The highest BCUT2D eigenvalue weighted by atomic mass is 35.5. The SMILES string of the molecule is C=CCCCCc1ccc(Cl)cc1Cl. The smallest absolute Gasteiger partial charge is 0.0452 e. The summed E-state index contributed by atoms with van der Waals surface area (Å²) in [5, 5.41) is 1.47. The van der Waals surface area contributed by atoms with Crippen LogP contribution in [-0.2, 0) is 6.42 Å². The highest BCUT2D eigenvalue weighted by molar-refractivity contribution is 6.35. The van der Waals surface area contributed by atoms with Crippen LogP contribution in [0.25, 0.3) is 0 Å². The molecule has 0 aliphatic carbocycles. The van der Waals surface area contributed by atoms with E-state index in [4.69, 9.17) is 23.2 Å². The largest absolute Gasteiger partial charge is 0.103 e. The van der Waals surface area contributed by atoms with E-state index in [1.807, 2.05) is 18.2 Å². The molecular weight excluding hydrogens is 215 g/mol. The van der Waals surface area contributed by atoms with Crippen molar-refractivity contribution in [3.05, 3.63) is 46.5 Å². The van der Waals surface area contributed by atoms with E-state index in [2.05, 4.69) is 6.58 Å². The third kappa shape index (κ3) is 3.73. The zero-order chi connectivity index (χ0) is 10.4. The van der Waals surface area contributed by atoms with Gasteiger partial charge in [0.25, 0.3) is 0 Å². The fourth-order valence-electron chi connectivity index (χ4n) is 1.33. The van der Waals surface area contributed by atoms with Crippen molar-refractivity contribution in [2.45, 2.75) is 25.7 Å². The molecule has 0 atom stereocenters. The molecule has 76 valence electrons. The number of hydrogen-bond donors (Lipinski definition) is 0. The number of halogens is 2. The van der Waals surface area contributed by atoms with E-state index in [0.29, 0.717) is 5.02 Å². The molecule has 1 aromatic carbocycles. The molecule has 14 heavy (non-hydrogen) atoms. The van der Waals surface area contributed by atoms with Crippen molar-refractivity contribution in [3.63, 3.8) is 0 Å². The van der Waals surface area contributed by atoms with Crippen LogP contribution in [0, 0.1) is 0 Å². The van der Waals surface area contributed by atoms with Crippen LogP contribution in [0.2, 0.25) is 10.0 Å². The molecule has 0 spiro atoms. The topological polar surface area (TPSA) is 0 Å². The molecule has 0 aromatic heterocycles. The van der Waals surface area contributed by atoms with Crippen LogP contribution in [0.5, 0.6) is 0 Å². The first-order valence-corrected chi connectivity index (χ1v) is 5.54. The lowest BCUT2D eigenvalue weighted by molar-refractivity contribution is 0.748. The van der Waals surface area contributed by atoms with Gasteiger partial charge in [-0.15, -0.1) is 6.58 Å². The fraction of sp³-hybridized carbons (Fsp3) is 0.333. The molecule has 0 heterocycles. The minimum atomic E-state index is 0.699. The first kappa shape index (κ1) is 11.6. The molecule has 2 heteroatoms. The molecule has 0 saturated carbocycles. The van der Waals surface area contributed by atoms with Gasteiger partial charge in [-0.2, -0.15) is 0 Å². The molecule has 0 fully saturated rings. The number of benzene rings is 1. The van der Waals surface area contributed by atoms with Crippen LogP contribution >= 0.6 is 23.2 Å². The van der Waals surface area contributed by atoms with Crippen molar-refractivity contribution in [1.82, 2.24) is 0 Å². The van der Waals surface area contributed by atoms with Crippen LogP contribution in [0.4, 0.5) is 0 Å². The van der Waals surface area contributed by atoms with Crippen molar-refractivity contribution in [2.24, 2.45) is 0 Å². The summed E-state index contributed by atoms with van der Waals surface area (Å²) in [5.41, 5.74) is 1.18. The number of hydrogen-bond acceptors (Lipinski definition) is 0. The summed E-state index contributed by atoms with van der Waals surface area (Å²) in [6, 6.07) is 5.68. The van der Waals surface area contributed by atoms with Gasteiger partial charge in [-0.25, -0.2) is 0 Å². The summed E-state index contributed by atoms with van der Waals surface area (Å²) >= 11 is 11.8. The molecule has 0 N–H and O–H groups in total. The molecule has 1 aromatic rings. The van der Waals surface area contributed by atoms with Crippen LogP contribution in [0.3, 0.4) is 0 Å². The van der Waals surface area contributed by atoms with Crippen LogP contribution in [0.15, 0.2) is 30.9 Å². The van der Waals surface area contributed by atoms with Crippen molar-refractivity contribution in [2.75, 3.05) is 0 Å². The first-order valence-electron chi connectivity index (χ1n) is 4.79.